The fourth-order valence-electron chi connectivity index (χ4n) is 2.86. The van der Waals surface area contributed by atoms with Crippen LogP contribution in [0.2, 0.25) is 0 Å². The minimum atomic E-state index is -0.988. The molecule has 1 N–H and O–H groups in total. The monoisotopic (exact) mass is 300 g/mol. The third-order valence-electron chi connectivity index (χ3n) is 4.06. The summed E-state index contributed by atoms with van der Waals surface area (Å²) in [6, 6.07) is -0.0158. The fourth-order valence-corrected chi connectivity index (χ4v) is 2.86. The Morgan fingerprint density at radius 1 is 1.38 bits per heavy atom. The Morgan fingerprint density at radius 3 is 2.57 bits per heavy atom. The number of carbonyl (C=O) groups excluding carboxylic acids is 1. The highest BCUT2D eigenvalue weighted by atomic mass is 16.5. The van der Waals surface area contributed by atoms with Crippen molar-refractivity contribution in [2.24, 2.45) is 5.92 Å². The van der Waals surface area contributed by atoms with Crippen LogP contribution in [0, 0.1) is 5.92 Å². The zero-order valence-electron chi connectivity index (χ0n) is 12.7. The van der Waals surface area contributed by atoms with Crippen LogP contribution in [0.25, 0.3) is 0 Å². The second kappa shape index (κ2) is 6.62. The van der Waals surface area contributed by atoms with E-state index in [1.165, 1.54) is 0 Å². The maximum Gasteiger partial charge on any atom is 0.329 e. The second-order valence-corrected chi connectivity index (χ2v) is 6.21. The molecule has 0 aromatic rings. The summed E-state index contributed by atoms with van der Waals surface area (Å²) in [6.07, 6.45) is 1.99. The summed E-state index contributed by atoms with van der Waals surface area (Å²) >= 11 is 0. The maximum absolute atomic E-state index is 12.3. The van der Waals surface area contributed by atoms with E-state index in [2.05, 4.69) is 0 Å². The Hall–Kier alpha value is -1.34. The van der Waals surface area contributed by atoms with Crippen molar-refractivity contribution >= 4 is 12.0 Å². The van der Waals surface area contributed by atoms with Crippen LogP contribution in [0.1, 0.15) is 19.8 Å². The minimum Gasteiger partial charge on any atom is -0.480 e. The SMILES string of the molecule is CN(CC1CCOCC1)C(=O)N1CC(C)(OCC(=O)O)C1. The molecule has 0 radical (unpaired) electrons. The molecule has 2 aliphatic rings. The van der Waals surface area contributed by atoms with Crippen LogP contribution in [-0.2, 0) is 14.3 Å². The molecule has 2 fully saturated rings. The van der Waals surface area contributed by atoms with E-state index in [-0.39, 0.29) is 12.6 Å². The molecule has 0 aliphatic carbocycles. The zero-order valence-corrected chi connectivity index (χ0v) is 12.7. The van der Waals surface area contributed by atoms with Crippen LogP contribution in [0.5, 0.6) is 0 Å². The molecule has 21 heavy (non-hydrogen) atoms. The first-order valence-corrected chi connectivity index (χ1v) is 7.33. The van der Waals surface area contributed by atoms with Crippen molar-refractivity contribution in [2.75, 3.05) is 46.5 Å². The highest BCUT2D eigenvalue weighted by Crippen LogP contribution is 2.26. The molecule has 0 bridgehead atoms. The molecule has 0 unspecified atom stereocenters. The predicted octanol–water partition coefficient (Wildman–Crippen LogP) is 0.640. The van der Waals surface area contributed by atoms with Gasteiger partial charge in [0.1, 0.15) is 12.2 Å². The second-order valence-electron chi connectivity index (χ2n) is 6.21. The number of carboxylic acids is 1. The Kier molecular flexibility index (Phi) is 5.05. The normalized spacial score (nSPS) is 21.7. The smallest absolute Gasteiger partial charge is 0.329 e. The molecular weight excluding hydrogens is 276 g/mol. The average Bonchev–Trinajstić information content (AvgIpc) is 2.42. The summed E-state index contributed by atoms with van der Waals surface area (Å²) in [5.41, 5.74) is -0.534. The first-order valence-electron chi connectivity index (χ1n) is 7.33. The Labute approximate surface area is 124 Å². The first-order chi connectivity index (χ1) is 9.89. The van der Waals surface area contributed by atoms with E-state index in [1.54, 1.807) is 9.80 Å². The standard InChI is InChI=1S/C14H24N2O5/c1-14(21-8-12(17)18)9-16(10-14)13(19)15(2)7-11-3-5-20-6-4-11/h11H,3-10H2,1-2H3,(H,17,18). The van der Waals surface area contributed by atoms with Crippen LogP contribution >= 0.6 is 0 Å². The van der Waals surface area contributed by atoms with Gasteiger partial charge in [0.15, 0.2) is 0 Å². The van der Waals surface area contributed by atoms with E-state index in [0.29, 0.717) is 19.0 Å². The van der Waals surface area contributed by atoms with Gasteiger partial charge in [0.25, 0.3) is 0 Å². The number of amides is 2. The lowest BCUT2D eigenvalue weighted by Crippen LogP contribution is -2.65. The fraction of sp³-hybridized carbons (Fsp3) is 0.857. The van der Waals surface area contributed by atoms with Gasteiger partial charge in [-0.3, -0.25) is 0 Å². The third kappa shape index (κ3) is 4.31. The summed E-state index contributed by atoms with van der Waals surface area (Å²) in [4.78, 5) is 26.2. The van der Waals surface area contributed by atoms with Gasteiger partial charge in [-0.2, -0.15) is 0 Å². The lowest BCUT2D eigenvalue weighted by atomic mass is 9.96. The van der Waals surface area contributed by atoms with E-state index in [9.17, 15) is 9.59 Å². The van der Waals surface area contributed by atoms with E-state index >= 15 is 0 Å². The van der Waals surface area contributed by atoms with Crippen LogP contribution in [0.4, 0.5) is 4.79 Å². The van der Waals surface area contributed by atoms with Crippen molar-refractivity contribution in [1.29, 1.82) is 0 Å². The topological polar surface area (TPSA) is 79.3 Å². The van der Waals surface area contributed by atoms with Crippen molar-refractivity contribution in [2.45, 2.75) is 25.4 Å². The van der Waals surface area contributed by atoms with E-state index < -0.39 is 11.6 Å². The van der Waals surface area contributed by atoms with Gasteiger partial charge in [0, 0.05) is 26.8 Å². The van der Waals surface area contributed by atoms with Gasteiger partial charge in [0.2, 0.25) is 0 Å². The molecule has 2 rings (SSSR count). The molecule has 0 spiro atoms. The molecule has 2 heterocycles. The summed E-state index contributed by atoms with van der Waals surface area (Å²) in [5.74, 6) is -0.485. The van der Waals surface area contributed by atoms with Gasteiger partial charge >= 0.3 is 12.0 Å². The molecule has 7 heteroatoms. The highest BCUT2D eigenvalue weighted by molar-refractivity contribution is 5.75. The molecule has 120 valence electrons. The minimum absolute atomic E-state index is 0.0158. The zero-order chi connectivity index (χ0) is 15.5. The number of nitrogens with zero attached hydrogens (tertiary/aromatic N) is 2. The molecule has 2 saturated heterocycles. The van der Waals surface area contributed by atoms with Gasteiger partial charge in [-0.05, 0) is 25.7 Å². The summed E-state index contributed by atoms with van der Waals surface area (Å²) in [5, 5.41) is 8.62. The number of rotatable bonds is 5. The average molecular weight is 300 g/mol. The molecule has 0 atom stereocenters. The number of aliphatic carboxylic acids is 1. The molecular formula is C14H24N2O5. The Balaban J connectivity index is 1.73. The van der Waals surface area contributed by atoms with Crippen LogP contribution in [-0.4, -0.2) is 79.0 Å². The van der Waals surface area contributed by atoms with Crippen molar-refractivity contribution in [3.63, 3.8) is 0 Å². The van der Waals surface area contributed by atoms with Crippen molar-refractivity contribution in [3.8, 4) is 0 Å². The molecule has 0 aromatic carbocycles. The van der Waals surface area contributed by atoms with Crippen molar-refractivity contribution < 1.29 is 24.2 Å². The first kappa shape index (κ1) is 16.0. The largest absolute Gasteiger partial charge is 0.480 e. The number of urea groups is 1. The van der Waals surface area contributed by atoms with Crippen LogP contribution in [0.3, 0.4) is 0 Å². The summed E-state index contributed by atoms with van der Waals surface area (Å²) < 4.78 is 10.6. The molecule has 7 nitrogen and oxygen atoms in total. The quantitative estimate of drug-likeness (QED) is 0.806. The van der Waals surface area contributed by atoms with E-state index in [1.807, 2.05) is 14.0 Å². The molecule has 2 aliphatic heterocycles. The molecule has 2 amide bonds. The number of carboxylic acid groups (broad SMARTS) is 1. The number of hydrogen-bond acceptors (Lipinski definition) is 4. The van der Waals surface area contributed by atoms with Crippen molar-refractivity contribution in [3.05, 3.63) is 0 Å². The van der Waals surface area contributed by atoms with E-state index in [0.717, 1.165) is 32.6 Å². The summed E-state index contributed by atoms with van der Waals surface area (Å²) in [6.45, 7) is 4.68. The van der Waals surface area contributed by atoms with Gasteiger partial charge in [-0.25, -0.2) is 9.59 Å². The molecule has 0 saturated carbocycles. The highest BCUT2D eigenvalue weighted by Gasteiger charge is 2.43. The van der Waals surface area contributed by atoms with Gasteiger partial charge in [-0.1, -0.05) is 0 Å². The number of hydrogen-bond donors (Lipinski definition) is 1. The number of carbonyl (C=O) groups is 2. The van der Waals surface area contributed by atoms with Gasteiger partial charge < -0.3 is 24.4 Å². The summed E-state index contributed by atoms with van der Waals surface area (Å²) in [7, 11) is 1.81. The maximum atomic E-state index is 12.3. The van der Waals surface area contributed by atoms with Crippen LogP contribution in [0.15, 0.2) is 0 Å². The van der Waals surface area contributed by atoms with Crippen molar-refractivity contribution in [1.82, 2.24) is 9.80 Å². The molecule has 0 aromatic heterocycles. The third-order valence-corrected chi connectivity index (χ3v) is 4.06. The predicted molar refractivity (Wildman–Crippen MR) is 75.1 cm³/mol. The Bertz CT molecular complexity index is 389. The van der Waals surface area contributed by atoms with Crippen LogP contribution < -0.4 is 0 Å². The Morgan fingerprint density at radius 2 is 2.00 bits per heavy atom. The lowest BCUT2D eigenvalue weighted by molar-refractivity contribution is -0.160. The lowest BCUT2D eigenvalue weighted by Gasteiger charge is -2.48. The van der Waals surface area contributed by atoms with Gasteiger partial charge in [-0.15, -0.1) is 0 Å². The number of ether oxygens (including phenoxy) is 2. The van der Waals surface area contributed by atoms with Gasteiger partial charge in [0.05, 0.1) is 13.1 Å². The van der Waals surface area contributed by atoms with E-state index in [4.69, 9.17) is 14.6 Å². The number of likely N-dealkylation sites (tertiary alicyclic amines) is 1.